The van der Waals surface area contributed by atoms with Gasteiger partial charge in [0.05, 0.1) is 0 Å². The number of fused-ring (bicyclic) bond motifs is 1. The maximum Gasteiger partial charge on any atom is 0.123 e. The van der Waals surface area contributed by atoms with Gasteiger partial charge >= 0.3 is 0 Å². The lowest BCUT2D eigenvalue weighted by atomic mass is 10.0. The standard InChI is InChI=1S/C10H9F/c1-7-2-3-8-6-9(11)4-5-10(7)8/h2-7H,1H3/t7-/m0/s1. The van der Waals surface area contributed by atoms with Gasteiger partial charge in [-0.1, -0.05) is 25.1 Å². The van der Waals surface area contributed by atoms with Gasteiger partial charge in [-0.3, -0.25) is 0 Å². The van der Waals surface area contributed by atoms with Gasteiger partial charge in [0.1, 0.15) is 5.82 Å². The van der Waals surface area contributed by atoms with E-state index < -0.39 is 0 Å². The van der Waals surface area contributed by atoms with Crippen molar-refractivity contribution in [2.45, 2.75) is 12.8 Å². The minimum Gasteiger partial charge on any atom is -0.207 e. The summed E-state index contributed by atoms with van der Waals surface area (Å²) in [4.78, 5) is 0. The average molecular weight is 148 g/mol. The number of hydrogen-bond donors (Lipinski definition) is 0. The smallest absolute Gasteiger partial charge is 0.123 e. The Morgan fingerprint density at radius 3 is 3.00 bits per heavy atom. The SMILES string of the molecule is C[C@H]1C=Cc2cc(F)ccc21. The summed E-state index contributed by atoms with van der Waals surface area (Å²) in [6, 6.07) is 4.95. The van der Waals surface area contributed by atoms with Crippen molar-refractivity contribution in [2.75, 3.05) is 0 Å². The summed E-state index contributed by atoms with van der Waals surface area (Å²) in [5, 5.41) is 0. The molecule has 0 spiro atoms. The third-order valence-electron chi connectivity index (χ3n) is 2.10. The Kier molecular flexibility index (Phi) is 1.31. The molecular weight excluding hydrogens is 139 g/mol. The minimum absolute atomic E-state index is 0.150. The molecule has 0 aromatic heterocycles. The summed E-state index contributed by atoms with van der Waals surface area (Å²) in [6.07, 6.45) is 4.06. The van der Waals surface area contributed by atoms with E-state index in [1.165, 1.54) is 11.6 Å². The molecule has 0 unspecified atom stereocenters. The van der Waals surface area contributed by atoms with E-state index in [1.54, 1.807) is 6.07 Å². The van der Waals surface area contributed by atoms with Crippen LogP contribution in [0.15, 0.2) is 24.3 Å². The van der Waals surface area contributed by atoms with Crippen LogP contribution in [0.3, 0.4) is 0 Å². The molecule has 0 saturated heterocycles. The van der Waals surface area contributed by atoms with Gasteiger partial charge in [-0.15, -0.1) is 0 Å². The van der Waals surface area contributed by atoms with Gasteiger partial charge < -0.3 is 0 Å². The zero-order valence-corrected chi connectivity index (χ0v) is 6.34. The van der Waals surface area contributed by atoms with Crippen LogP contribution >= 0.6 is 0 Å². The Balaban J connectivity index is 2.58. The number of halogens is 1. The summed E-state index contributed by atoms with van der Waals surface area (Å²) in [5.41, 5.74) is 2.25. The lowest BCUT2D eigenvalue weighted by Crippen LogP contribution is -1.87. The van der Waals surface area contributed by atoms with Crippen molar-refractivity contribution in [1.29, 1.82) is 0 Å². The van der Waals surface area contributed by atoms with Crippen LogP contribution in [0.2, 0.25) is 0 Å². The van der Waals surface area contributed by atoms with Gasteiger partial charge in [0, 0.05) is 0 Å². The molecule has 0 aliphatic heterocycles. The number of benzene rings is 1. The highest BCUT2D eigenvalue weighted by molar-refractivity contribution is 5.61. The Bertz CT molecular complexity index is 313. The minimum atomic E-state index is -0.150. The van der Waals surface area contributed by atoms with Crippen molar-refractivity contribution in [1.82, 2.24) is 0 Å². The van der Waals surface area contributed by atoms with Gasteiger partial charge in [-0.2, -0.15) is 0 Å². The van der Waals surface area contributed by atoms with E-state index in [4.69, 9.17) is 0 Å². The van der Waals surface area contributed by atoms with Crippen molar-refractivity contribution < 1.29 is 4.39 Å². The number of rotatable bonds is 0. The molecule has 11 heavy (non-hydrogen) atoms. The van der Waals surface area contributed by atoms with Crippen molar-refractivity contribution in [3.63, 3.8) is 0 Å². The Hall–Kier alpha value is -1.11. The molecule has 1 atom stereocenters. The molecule has 1 aromatic rings. The fourth-order valence-electron chi connectivity index (χ4n) is 1.46. The second-order valence-corrected chi connectivity index (χ2v) is 2.92. The zero-order valence-electron chi connectivity index (χ0n) is 6.34. The van der Waals surface area contributed by atoms with Crippen LogP contribution in [0.5, 0.6) is 0 Å². The van der Waals surface area contributed by atoms with E-state index in [2.05, 4.69) is 13.0 Å². The van der Waals surface area contributed by atoms with Crippen LogP contribution in [0.25, 0.3) is 6.08 Å². The Labute approximate surface area is 65.4 Å². The molecule has 0 amide bonds. The molecule has 1 aromatic carbocycles. The normalized spacial score (nSPS) is 20.4. The van der Waals surface area contributed by atoms with Crippen LogP contribution in [0.1, 0.15) is 24.0 Å². The lowest BCUT2D eigenvalue weighted by Gasteiger charge is -2.02. The lowest BCUT2D eigenvalue weighted by molar-refractivity contribution is 0.626. The highest BCUT2D eigenvalue weighted by atomic mass is 19.1. The molecule has 1 aliphatic rings. The van der Waals surface area contributed by atoms with Crippen molar-refractivity contribution in [2.24, 2.45) is 0 Å². The topological polar surface area (TPSA) is 0 Å². The second kappa shape index (κ2) is 2.19. The summed E-state index contributed by atoms with van der Waals surface area (Å²) < 4.78 is 12.7. The van der Waals surface area contributed by atoms with Crippen molar-refractivity contribution in [3.8, 4) is 0 Å². The molecule has 0 fully saturated rings. The van der Waals surface area contributed by atoms with Gasteiger partial charge in [0.2, 0.25) is 0 Å². The Morgan fingerprint density at radius 2 is 2.18 bits per heavy atom. The third-order valence-corrected chi connectivity index (χ3v) is 2.10. The predicted octanol–water partition coefficient (Wildman–Crippen LogP) is 2.96. The quantitative estimate of drug-likeness (QED) is 0.530. The first-order valence-electron chi connectivity index (χ1n) is 3.75. The molecule has 1 aliphatic carbocycles. The molecule has 0 heterocycles. The molecule has 0 saturated carbocycles. The molecule has 2 rings (SSSR count). The number of allylic oxidation sites excluding steroid dienone is 1. The monoisotopic (exact) mass is 148 g/mol. The van der Waals surface area contributed by atoms with E-state index in [1.807, 2.05) is 12.1 Å². The van der Waals surface area contributed by atoms with E-state index in [0.29, 0.717) is 5.92 Å². The van der Waals surface area contributed by atoms with E-state index >= 15 is 0 Å². The molecular formula is C10H9F. The molecule has 0 nitrogen and oxygen atoms in total. The third kappa shape index (κ3) is 0.967. The molecule has 56 valence electrons. The van der Waals surface area contributed by atoms with E-state index in [9.17, 15) is 4.39 Å². The van der Waals surface area contributed by atoms with Gasteiger partial charge in [0.15, 0.2) is 0 Å². The van der Waals surface area contributed by atoms with Crippen LogP contribution in [0, 0.1) is 5.82 Å². The van der Waals surface area contributed by atoms with E-state index in [-0.39, 0.29) is 5.82 Å². The van der Waals surface area contributed by atoms with Crippen LogP contribution < -0.4 is 0 Å². The first-order chi connectivity index (χ1) is 5.27. The van der Waals surface area contributed by atoms with Crippen LogP contribution in [0.4, 0.5) is 4.39 Å². The van der Waals surface area contributed by atoms with Gasteiger partial charge in [0.25, 0.3) is 0 Å². The van der Waals surface area contributed by atoms with Crippen molar-refractivity contribution >= 4 is 6.08 Å². The highest BCUT2D eigenvalue weighted by Crippen LogP contribution is 2.29. The predicted molar refractivity (Wildman–Crippen MR) is 43.8 cm³/mol. The van der Waals surface area contributed by atoms with Crippen LogP contribution in [-0.2, 0) is 0 Å². The molecule has 0 bridgehead atoms. The second-order valence-electron chi connectivity index (χ2n) is 2.92. The number of hydrogen-bond acceptors (Lipinski definition) is 0. The van der Waals surface area contributed by atoms with Gasteiger partial charge in [-0.05, 0) is 29.2 Å². The van der Waals surface area contributed by atoms with Crippen LogP contribution in [-0.4, -0.2) is 0 Å². The molecule has 0 radical (unpaired) electrons. The molecule has 1 heteroatoms. The average Bonchev–Trinajstić information content (AvgIpc) is 2.32. The van der Waals surface area contributed by atoms with Crippen molar-refractivity contribution in [3.05, 3.63) is 41.2 Å². The largest absolute Gasteiger partial charge is 0.207 e. The summed E-state index contributed by atoms with van der Waals surface area (Å²) in [7, 11) is 0. The summed E-state index contributed by atoms with van der Waals surface area (Å²) in [6.45, 7) is 2.11. The van der Waals surface area contributed by atoms with Gasteiger partial charge in [-0.25, -0.2) is 4.39 Å². The summed E-state index contributed by atoms with van der Waals surface area (Å²) >= 11 is 0. The zero-order chi connectivity index (χ0) is 7.84. The highest BCUT2D eigenvalue weighted by Gasteiger charge is 2.12. The maximum absolute atomic E-state index is 12.7. The van der Waals surface area contributed by atoms with E-state index in [0.717, 1.165) is 5.56 Å². The molecule has 0 N–H and O–H groups in total. The Morgan fingerprint density at radius 1 is 1.36 bits per heavy atom. The fraction of sp³-hybridized carbons (Fsp3) is 0.200. The first-order valence-corrected chi connectivity index (χ1v) is 3.75. The fourth-order valence-corrected chi connectivity index (χ4v) is 1.46. The maximum atomic E-state index is 12.7. The summed E-state index contributed by atoms with van der Waals surface area (Å²) in [5.74, 6) is 0.299. The first kappa shape index (κ1) is 6.59.